The molecule has 214 valence electrons. The summed E-state index contributed by atoms with van der Waals surface area (Å²) < 4.78 is 68.2. The number of hydrogen-bond acceptors (Lipinski definition) is 5. The molecule has 0 aliphatic carbocycles. The second-order valence-corrected chi connectivity index (χ2v) is 15.8. The molecule has 4 rings (SSSR count). The van der Waals surface area contributed by atoms with Crippen LogP contribution in [0.2, 0.25) is 0 Å². The molecule has 0 heterocycles. The van der Waals surface area contributed by atoms with Crippen LogP contribution in [0.5, 0.6) is 0 Å². The van der Waals surface area contributed by atoms with E-state index >= 15 is 0 Å². The van der Waals surface area contributed by atoms with Gasteiger partial charge in [0.05, 0.1) is 20.6 Å². The van der Waals surface area contributed by atoms with E-state index in [2.05, 4.69) is 5.92 Å². The Morgan fingerprint density at radius 2 is 1.24 bits per heavy atom. The van der Waals surface area contributed by atoms with Crippen molar-refractivity contribution in [2.45, 2.75) is 38.5 Å². The monoisotopic (exact) mass is 614 g/mol. The van der Waals surface area contributed by atoms with Crippen LogP contribution in [0.15, 0.2) is 147 Å². The highest BCUT2D eigenvalue weighted by molar-refractivity contribution is 8.10. The van der Waals surface area contributed by atoms with E-state index in [-0.39, 0.29) is 9.79 Å². The van der Waals surface area contributed by atoms with Gasteiger partial charge in [-0.1, -0.05) is 90.5 Å². The first kappa shape index (κ1) is 30.9. The van der Waals surface area contributed by atoms with Gasteiger partial charge in [0.1, 0.15) is 0 Å². The van der Waals surface area contributed by atoms with Crippen LogP contribution in [-0.4, -0.2) is 25.1 Å². The van der Waals surface area contributed by atoms with Gasteiger partial charge in [-0.2, -0.15) is 0 Å². The Bertz CT molecular complexity index is 1780. The average molecular weight is 615 g/mol. The maximum Gasteiger partial charge on any atom is 0.200 e. The summed E-state index contributed by atoms with van der Waals surface area (Å²) in [7, 11) is -10.7. The van der Waals surface area contributed by atoms with E-state index in [1.54, 1.807) is 30.3 Å². The zero-order valence-electron chi connectivity index (χ0n) is 23.0. The van der Waals surface area contributed by atoms with Crippen LogP contribution in [0, 0.1) is 19.3 Å². The smallest absolute Gasteiger partial charge is 0.200 e. The lowest BCUT2D eigenvalue weighted by Crippen LogP contribution is -2.46. The molecule has 0 saturated carbocycles. The fourth-order valence-corrected chi connectivity index (χ4v) is 10.4. The van der Waals surface area contributed by atoms with Gasteiger partial charge in [0.25, 0.3) is 0 Å². The van der Waals surface area contributed by atoms with Gasteiger partial charge in [0, 0.05) is 22.6 Å². The van der Waals surface area contributed by atoms with Crippen LogP contribution in [0.1, 0.15) is 24.0 Å². The van der Waals surface area contributed by atoms with Crippen molar-refractivity contribution in [3.8, 4) is 12.3 Å². The normalized spacial score (nSPS) is 13.5. The SMILES string of the molecule is C#CCC(C/C=C/C(=C/c1ccccc1)[S@@](=O)c1ccc(C)cc1)(S(=O)(=O)c1ccccc1)S(=O)(=O)c1ccccc1. The Hall–Kier alpha value is -4.03. The van der Waals surface area contributed by atoms with Crippen molar-refractivity contribution in [2.75, 3.05) is 0 Å². The van der Waals surface area contributed by atoms with Crippen LogP contribution < -0.4 is 0 Å². The molecule has 0 aromatic heterocycles. The van der Waals surface area contributed by atoms with E-state index in [9.17, 15) is 21.0 Å². The molecular weight excluding hydrogens is 585 g/mol. The highest BCUT2D eigenvalue weighted by atomic mass is 32.3. The largest absolute Gasteiger partial charge is 0.249 e. The third-order valence-electron chi connectivity index (χ3n) is 6.73. The van der Waals surface area contributed by atoms with Crippen molar-refractivity contribution in [1.29, 1.82) is 0 Å². The van der Waals surface area contributed by atoms with E-state index in [1.165, 1.54) is 60.7 Å². The molecule has 0 bridgehead atoms. The van der Waals surface area contributed by atoms with Crippen LogP contribution >= 0.6 is 0 Å². The first-order chi connectivity index (χ1) is 20.1. The molecule has 42 heavy (non-hydrogen) atoms. The molecule has 0 amide bonds. The molecule has 1 atom stereocenters. The van der Waals surface area contributed by atoms with Gasteiger partial charge in [0.2, 0.25) is 0 Å². The molecule has 4 aromatic rings. The van der Waals surface area contributed by atoms with Gasteiger partial charge in [-0.25, -0.2) is 21.0 Å². The molecule has 0 radical (unpaired) electrons. The number of hydrogen-bond donors (Lipinski definition) is 0. The molecule has 8 heteroatoms. The third kappa shape index (κ3) is 6.39. The van der Waals surface area contributed by atoms with Gasteiger partial charge in [-0.3, -0.25) is 0 Å². The van der Waals surface area contributed by atoms with Crippen LogP contribution in [0.25, 0.3) is 6.08 Å². The minimum atomic E-state index is -4.54. The summed E-state index contributed by atoms with van der Waals surface area (Å²) in [6.45, 7) is 1.93. The number of aryl methyl sites for hydroxylation is 1. The summed E-state index contributed by atoms with van der Waals surface area (Å²) in [6, 6.07) is 31.4. The number of rotatable bonds is 11. The molecule has 0 spiro atoms. The van der Waals surface area contributed by atoms with Gasteiger partial charge >= 0.3 is 0 Å². The van der Waals surface area contributed by atoms with Crippen molar-refractivity contribution in [3.05, 3.63) is 143 Å². The predicted octanol–water partition coefficient (Wildman–Crippen LogP) is 6.76. The number of allylic oxidation sites excluding steroid dienone is 2. The quantitative estimate of drug-likeness (QED) is 0.138. The lowest BCUT2D eigenvalue weighted by atomic mass is 10.2. The van der Waals surface area contributed by atoms with Crippen LogP contribution in [0.3, 0.4) is 0 Å². The Labute approximate surface area is 250 Å². The standard InChI is InChI=1S/C34H30O5S3/c1-3-25-34(41(36,37)32-17-9-5-10-18-32,42(38,39)33-19-11-6-12-20-33)26-13-16-31(27-29-14-7-4-8-15-29)40(35)30-23-21-28(2)22-24-30/h1,4-24,27H,25-26H2,2H3/b16-13+,31-27-/t40-/m0/s1. The van der Waals surface area contributed by atoms with E-state index in [0.717, 1.165) is 11.1 Å². The summed E-state index contributed by atoms with van der Waals surface area (Å²) in [4.78, 5) is 0.609. The summed E-state index contributed by atoms with van der Waals surface area (Å²) in [5.74, 6) is 2.33. The molecule has 0 N–H and O–H groups in total. The van der Waals surface area contributed by atoms with Gasteiger partial charge in [0.15, 0.2) is 23.8 Å². The summed E-state index contributed by atoms with van der Waals surface area (Å²) in [5.41, 5.74) is 1.79. The highest BCUT2D eigenvalue weighted by Gasteiger charge is 2.55. The summed E-state index contributed by atoms with van der Waals surface area (Å²) in [6.07, 6.45) is 9.30. The van der Waals surface area contributed by atoms with Gasteiger partial charge in [-0.15, -0.1) is 12.3 Å². The average Bonchev–Trinajstić information content (AvgIpc) is 3.01. The topological polar surface area (TPSA) is 85.3 Å². The van der Waals surface area contributed by atoms with E-state index in [0.29, 0.717) is 9.80 Å². The van der Waals surface area contributed by atoms with E-state index < -0.39 is 47.4 Å². The Morgan fingerprint density at radius 1 is 0.762 bits per heavy atom. The van der Waals surface area contributed by atoms with Crippen molar-refractivity contribution < 1.29 is 21.0 Å². The van der Waals surface area contributed by atoms with Crippen LogP contribution in [0.4, 0.5) is 0 Å². The van der Waals surface area contributed by atoms with Gasteiger partial charge in [-0.05, 0) is 61.0 Å². The molecule has 5 nitrogen and oxygen atoms in total. The van der Waals surface area contributed by atoms with E-state index in [1.807, 2.05) is 49.4 Å². The molecule has 0 aliphatic rings. The molecule has 0 aliphatic heterocycles. The Balaban J connectivity index is 1.88. The second-order valence-electron chi connectivity index (χ2n) is 9.57. The predicted molar refractivity (Wildman–Crippen MR) is 169 cm³/mol. The first-order valence-corrected chi connectivity index (χ1v) is 17.2. The Kier molecular flexibility index (Phi) is 9.79. The fraction of sp³-hybridized carbons (Fsp3) is 0.118. The molecule has 0 saturated heterocycles. The van der Waals surface area contributed by atoms with Crippen molar-refractivity contribution >= 4 is 36.6 Å². The van der Waals surface area contributed by atoms with Crippen molar-refractivity contribution in [3.63, 3.8) is 0 Å². The molecule has 0 unspecified atom stereocenters. The van der Waals surface area contributed by atoms with Crippen molar-refractivity contribution in [1.82, 2.24) is 0 Å². The molecule has 4 aromatic carbocycles. The lowest BCUT2D eigenvalue weighted by Gasteiger charge is -2.31. The number of sulfone groups is 2. The minimum Gasteiger partial charge on any atom is -0.249 e. The fourth-order valence-electron chi connectivity index (χ4n) is 4.44. The molecule has 0 fully saturated rings. The van der Waals surface area contributed by atoms with Crippen molar-refractivity contribution in [2.24, 2.45) is 0 Å². The summed E-state index contributed by atoms with van der Waals surface area (Å²) in [5, 5.41) is 0. The molecular formula is C34H30O5S3. The minimum absolute atomic E-state index is 0.156. The number of terminal acetylenes is 1. The van der Waals surface area contributed by atoms with Crippen LogP contribution in [-0.2, 0) is 30.5 Å². The van der Waals surface area contributed by atoms with E-state index in [4.69, 9.17) is 6.42 Å². The zero-order chi connectivity index (χ0) is 30.2. The highest BCUT2D eigenvalue weighted by Crippen LogP contribution is 2.41. The zero-order valence-corrected chi connectivity index (χ0v) is 25.4. The Morgan fingerprint density at radius 3 is 1.71 bits per heavy atom. The first-order valence-electron chi connectivity index (χ1n) is 13.1. The maximum absolute atomic E-state index is 14.2. The summed E-state index contributed by atoms with van der Waals surface area (Å²) >= 11 is 0. The number of benzene rings is 4. The third-order valence-corrected chi connectivity index (χ3v) is 13.8. The van der Waals surface area contributed by atoms with Gasteiger partial charge < -0.3 is 0 Å². The second kappa shape index (κ2) is 13.3. The maximum atomic E-state index is 14.2. The lowest BCUT2D eigenvalue weighted by molar-refractivity contribution is 0.539.